The van der Waals surface area contributed by atoms with Crippen molar-refractivity contribution >= 4 is 17.0 Å². The van der Waals surface area contributed by atoms with Crippen LogP contribution in [0, 0.1) is 16.7 Å². The Kier molecular flexibility index (Phi) is 7.48. The molecule has 1 aromatic heterocycles. The molecule has 1 aromatic carbocycles. The number of piperidine rings is 1. The van der Waals surface area contributed by atoms with Gasteiger partial charge in [-0.2, -0.15) is 4.91 Å². The molecular weight excluding hydrogens is 406 g/mol. The van der Waals surface area contributed by atoms with Crippen molar-refractivity contribution in [3.05, 3.63) is 53.6 Å². The molecule has 7 heteroatoms. The van der Waals surface area contributed by atoms with Crippen molar-refractivity contribution in [3.63, 3.8) is 0 Å². The van der Waals surface area contributed by atoms with Crippen LogP contribution >= 0.6 is 0 Å². The van der Waals surface area contributed by atoms with Crippen LogP contribution in [0.15, 0.2) is 48.3 Å². The molecule has 1 amide bonds. The highest BCUT2D eigenvalue weighted by atomic mass is 16.6. The highest BCUT2D eigenvalue weighted by Crippen LogP contribution is 2.35. The zero-order valence-corrected chi connectivity index (χ0v) is 19.4. The van der Waals surface area contributed by atoms with Crippen LogP contribution in [0.25, 0.3) is 10.9 Å². The van der Waals surface area contributed by atoms with Gasteiger partial charge in [-0.25, -0.2) is 4.79 Å². The molecule has 0 radical (unpaired) electrons. The van der Waals surface area contributed by atoms with E-state index in [0.29, 0.717) is 25.4 Å². The van der Waals surface area contributed by atoms with Crippen molar-refractivity contribution in [2.75, 3.05) is 20.2 Å². The summed E-state index contributed by atoms with van der Waals surface area (Å²) in [5.74, 6) is 1.20. The van der Waals surface area contributed by atoms with E-state index in [1.165, 1.54) is 0 Å². The number of methoxy groups -OCH3 is 1. The Morgan fingerprint density at radius 2 is 2.16 bits per heavy atom. The van der Waals surface area contributed by atoms with Gasteiger partial charge in [-0.15, -0.1) is 6.58 Å². The van der Waals surface area contributed by atoms with Crippen molar-refractivity contribution in [2.45, 2.75) is 51.7 Å². The van der Waals surface area contributed by atoms with Gasteiger partial charge in [0, 0.05) is 24.7 Å². The maximum absolute atomic E-state index is 12.5. The van der Waals surface area contributed by atoms with Crippen molar-refractivity contribution < 1.29 is 14.3 Å². The van der Waals surface area contributed by atoms with E-state index in [0.717, 1.165) is 35.1 Å². The van der Waals surface area contributed by atoms with Crippen LogP contribution in [-0.4, -0.2) is 41.8 Å². The highest BCUT2D eigenvalue weighted by Gasteiger charge is 2.32. The monoisotopic (exact) mass is 439 g/mol. The van der Waals surface area contributed by atoms with E-state index >= 15 is 0 Å². The number of hydrogen-bond donors (Lipinski definition) is 0. The lowest BCUT2D eigenvalue weighted by molar-refractivity contribution is 0.0131. The van der Waals surface area contributed by atoms with Crippen molar-refractivity contribution in [1.82, 2.24) is 9.88 Å². The van der Waals surface area contributed by atoms with Crippen LogP contribution in [-0.2, 0) is 4.74 Å². The van der Waals surface area contributed by atoms with E-state index in [-0.39, 0.29) is 12.0 Å². The normalized spacial score (nSPS) is 19.9. The Labute approximate surface area is 189 Å². The molecule has 0 spiro atoms. The Balaban J connectivity index is 1.69. The van der Waals surface area contributed by atoms with E-state index in [2.05, 4.69) is 16.7 Å². The second-order valence-corrected chi connectivity index (χ2v) is 9.36. The molecule has 3 atom stereocenters. The van der Waals surface area contributed by atoms with Crippen molar-refractivity contribution in [3.8, 4) is 5.75 Å². The number of rotatable bonds is 7. The zero-order valence-electron chi connectivity index (χ0n) is 19.4. The first-order valence-electron chi connectivity index (χ1n) is 11.1. The Hall–Kier alpha value is -2.96. The van der Waals surface area contributed by atoms with E-state index < -0.39 is 11.6 Å². The number of aromatic nitrogens is 1. The molecule has 1 fully saturated rings. The molecule has 1 unspecified atom stereocenters. The first-order chi connectivity index (χ1) is 15.3. The number of fused-ring (bicyclic) bond motifs is 1. The van der Waals surface area contributed by atoms with Gasteiger partial charge in [0.1, 0.15) is 17.4 Å². The molecule has 3 rings (SSSR count). The summed E-state index contributed by atoms with van der Waals surface area (Å²) in [7, 11) is 1.62. The molecular formula is C25H33N3O4. The van der Waals surface area contributed by atoms with E-state index in [4.69, 9.17) is 9.47 Å². The number of ether oxygens (including phenoxy) is 2. The van der Waals surface area contributed by atoms with Gasteiger partial charge in [0.2, 0.25) is 0 Å². The molecule has 7 nitrogen and oxygen atoms in total. The number of amides is 1. The number of carbonyl (C=O) groups is 1. The van der Waals surface area contributed by atoms with Gasteiger partial charge in [0.25, 0.3) is 0 Å². The summed E-state index contributed by atoms with van der Waals surface area (Å²) in [6.07, 6.45) is 5.63. The quantitative estimate of drug-likeness (QED) is 0.397. The van der Waals surface area contributed by atoms with Crippen LogP contribution in [0.4, 0.5) is 4.79 Å². The van der Waals surface area contributed by atoms with Gasteiger partial charge in [0.15, 0.2) is 0 Å². The summed E-state index contributed by atoms with van der Waals surface area (Å²) < 4.78 is 10.9. The fourth-order valence-electron chi connectivity index (χ4n) is 4.35. The minimum Gasteiger partial charge on any atom is -0.497 e. The summed E-state index contributed by atoms with van der Waals surface area (Å²) in [5, 5.41) is 4.34. The summed E-state index contributed by atoms with van der Waals surface area (Å²) >= 11 is 0. The SMILES string of the molecule is C=C[C@H]1CN(C(=O)OC(C)(C)C)CC[C@H]1CCC(N=O)c1ccnc2ccc(OC)cc12. The van der Waals surface area contributed by atoms with Gasteiger partial charge in [0.05, 0.1) is 12.6 Å². The molecule has 32 heavy (non-hydrogen) atoms. The number of likely N-dealkylation sites (tertiary alicyclic amines) is 1. The molecule has 2 heterocycles. The lowest BCUT2D eigenvalue weighted by Gasteiger charge is -2.38. The van der Waals surface area contributed by atoms with Crippen molar-refractivity contribution in [1.29, 1.82) is 0 Å². The van der Waals surface area contributed by atoms with E-state index in [1.807, 2.05) is 51.1 Å². The average molecular weight is 440 g/mol. The third kappa shape index (κ3) is 5.64. The standard InChI is InChI=1S/C25H33N3O4/c1-6-17-16-28(24(29)32-25(2,3)4)14-12-18(17)7-9-23(27-30)20-11-13-26-22-10-8-19(31-5)15-21(20)22/h6,8,10-11,13,15,17-18,23H,1,7,9,12,14,16H2,2-5H3/t17-,18+,23?/m0/s1. The van der Waals surface area contributed by atoms with Crippen molar-refractivity contribution in [2.24, 2.45) is 17.0 Å². The second kappa shape index (κ2) is 10.1. The fraction of sp³-hybridized carbons (Fsp3) is 0.520. The number of benzene rings is 1. The molecule has 0 saturated carbocycles. The van der Waals surface area contributed by atoms with Crippen LogP contribution in [0.2, 0.25) is 0 Å². The molecule has 1 aliphatic rings. The largest absolute Gasteiger partial charge is 0.497 e. The van der Waals surface area contributed by atoms with Crippen LogP contribution in [0.5, 0.6) is 5.75 Å². The molecule has 172 valence electrons. The average Bonchev–Trinajstić information content (AvgIpc) is 2.78. The molecule has 1 saturated heterocycles. The van der Waals surface area contributed by atoms with Crippen LogP contribution < -0.4 is 4.74 Å². The molecule has 0 bridgehead atoms. The minimum atomic E-state index is -0.517. The second-order valence-electron chi connectivity index (χ2n) is 9.36. The fourth-order valence-corrected chi connectivity index (χ4v) is 4.35. The van der Waals surface area contributed by atoms with E-state index in [1.54, 1.807) is 18.2 Å². The topological polar surface area (TPSA) is 81.1 Å². The van der Waals surface area contributed by atoms with Gasteiger partial charge >= 0.3 is 6.09 Å². The number of nitrogens with zero attached hydrogens (tertiary/aromatic N) is 3. The maximum atomic E-state index is 12.5. The van der Waals surface area contributed by atoms with E-state index in [9.17, 15) is 9.70 Å². The Morgan fingerprint density at radius 3 is 2.81 bits per heavy atom. The summed E-state index contributed by atoms with van der Waals surface area (Å²) in [4.78, 5) is 30.4. The number of nitroso groups, excluding NO2 is 1. The predicted molar refractivity (Wildman–Crippen MR) is 126 cm³/mol. The lowest BCUT2D eigenvalue weighted by Crippen LogP contribution is -2.45. The third-order valence-corrected chi connectivity index (χ3v) is 6.04. The van der Waals surface area contributed by atoms with Crippen LogP contribution in [0.3, 0.4) is 0 Å². The Bertz CT molecular complexity index is 969. The predicted octanol–water partition coefficient (Wildman–Crippen LogP) is 5.89. The molecule has 1 aliphatic heterocycles. The maximum Gasteiger partial charge on any atom is 0.410 e. The number of pyridine rings is 1. The first kappa shape index (κ1) is 23.7. The molecule has 0 aliphatic carbocycles. The highest BCUT2D eigenvalue weighted by molar-refractivity contribution is 5.84. The van der Waals surface area contributed by atoms with Gasteiger partial charge in [-0.3, -0.25) is 4.98 Å². The smallest absolute Gasteiger partial charge is 0.410 e. The van der Waals surface area contributed by atoms with Crippen LogP contribution in [0.1, 0.15) is 51.6 Å². The van der Waals surface area contributed by atoms with Gasteiger partial charge < -0.3 is 14.4 Å². The third-order valence-electron chi connectivity index (χ3n) is 6.04. The molecule has 2 aromatic rings. The van der Waals surface area contributed by atoms with Gasteiger partial charge in [-0.1, -0.05) is 11.3 Å². The summed E-state index contributed by atoms with van der Waals surface area (Å²) in [5.41, 5.74) is 1.16. The molecule has 0 N–H and O–H groups in total. The lowest BCUT2D eigenvalue weighted by atomic mass is 9.81. The summed E-state index contributed by atoms with van der Waals surface area (Å²) in [6.45, 7) is 10.8. The minimum absolute atomic E-state index is 0.151. The number of carbonyl (C=O) groups excluding carboxylic acids is 1. The Morgan fingerprint density at radius 1 is 1.38 bits per heavy atom. The zero-order chi connectivity index (χ0) is 23.3. The number of hydrogen-bond acceptors (Lipinski definition) is 6. The first-order valence-corrected chi connectivity index (χ1v) is 11.1. The summed E-state index contributed by atoms with van der Waals surface area (Å²) in [6, 6.07) is 7.04. The van der Waals surface area contributed by atoms with Gasteiger partial charge in [-0.05, 0) is 81.7 Å².